The van der Waals surface area contributed by atoms with Crippen LogP contribution in [0.25, 0.3) is 5.69 Å². The van der Waals surface area contributed by atoms with Gasteiger partial charge in [-0.15, -0.1) is 0 Å². The van der Waals surface area contributed by atoms with Gasteiger partial charge in [-0.3, -0.25) is 9.89 Å². The van der Waals surface area contributed by atoms with Crippen LogP contribution in [0, 0.1) is 0 Å². The number of halogens is 1. The first-order chi connectivity index (χ1) is 13.1. The summed E-state index contributed by atoms with van der Waals surface area (Å²) >= 11 is 6.75. The Morgan fingerprint density at radius 3 is 2.85 bits per heavy atom. The molecule has 5 rings (SSSR count). The molecule has 6 heteroatoms. The lowest BCUT2D eigenvalue weighted by molar-refractivity contribution is 0.284. The monoisotopic (exact) mass is 383 g/mol. The van der Waals surface area contributed by atoms with Gasteiger partial charge in [0, 0.05) is 31.0 Å². The highest BCUT2D eigenvalue weighted by Gasteiger charge is 2.49. The number of fused-ring (bicyclic) bond motifs is 3. The van der Waals surface area contributed by atoms with E-state index in [-0.39, 0.29) is 5.41 Å². The average molecular weight is 384 g/mol. The van der Waals surface area contributed by atoms with Crippen molar-refractivity contribution in [2.75, 3.05) is 25.5 Å². The maximum absolute atomic E-state index is 6.75. The van der Waals surface area contributed by atoms with E-state index in [1.54, 1.807) is 0 Å². The molecule has 1 saturated carbocycles. The normalized spacial score (nSPS) is 22.3. The van der Waals surface area contributed by atoms with E-state index in [9.17, 15) is 0 Å². The molecule has 27 heavy (non-hydrogen) atoms. The van der Waals surface area contributed by atoms with Crippen molar-refractivity contribution in [1.82, 2.24) is 14.7 Å². The van der Waals surface area contributed by atoms with E-state index in [1.165, 1.54) is 23.2 Å². The molecule has 1 N–H and O–H groups in total. The number of hydrogen-bond acceptors (Lipinski definition) is 3. The van der Waals surface area contributed by atoms with Crippen LogP contribution in [0.1, 0.15) is 49.4 Å². The number of amidine groups is 1. The van der Waals surface area contributed by atoms with E-state index >= 15 is 0 Å². The molecule has 1 aromatic carbocycles. The Kier molecular flexibility index (Phi) is 4.06. The number of aryl methyl sites for hydroxylation is 1. The van der Waals surface area contributed by atoms with E-state index in [0.29, 0.717) is 0 Å². The lowest BCUT2D eigenvalue weighted by Gasteiger charge is -2.38. The van der Waals surface area contributed by atoms with Crippen molar-refractivity contribution in [1.29, 1.82) is 0 Å². The van der Waals surface area contributed by atoms with Gasteiger partial charge in [0.25, 0.3) is 0 Å². The Morgan fingerprint density at radius 2 is 2.15 bits per heavy atom. The van der Waals surface area contributed by atoms with Crippen molar-refractivity contribution in [3.63, 3.8) is 0 Å². The summed E-state index contributed by atoms with van der Waals surface area (Å²) in [5.41, 5.74) is 5.98. The molecule has 0 bridgehead atoms. The predicted molar refractivity (Wildman–Crippen MR) is 110 cm³/mol. The summed E-state index contributed by atoms with van der Waals surface area (Å²) in [6.07, 6.45) is 7.92. The average Bonchev–Trinajstić information content (AvgIpc) is 3.11. The van der Waals surface area contributed by atoms with Crippen molar-refractivity contribution >= 4 is 23.1 Å². The third-order valence-corrected chi connectivity index (χ3v) is 6.90. The number of hydrogen-bond donors (Lipinski definition) is 1. The lowest BCUT2D eigenvalue weighted by atomic mass is 9.65. The number of rotatable bonds is 2. The Labute approximate surface area is 165 Å². The first kappa shape index (κ1) is 17.3. The summed E-state index contributed by atoms with van der Waals surface area (Å²) in [6, 6.07) is 4.29. The van der Waals surface area contributed by atoms with Gasteiger partial charge in [-0.2, -0.15) is 5.10 Å². The van der Waals surface area contributed by atoms with Gasteiger partial charge in [-0.05, 0) is 56.5 Å². The van der Waals surface area contributed by atoms with Crippen molar-refractivity contribution in [2.24, 2.45) is 4.99 Å². The largest absolute Gasteiger partial charge is 0.343 e. The first-order valence-electron chi connectivity index (χ1n) is 10.0. The van der Waals surface area contributed by atoms with Gasteiger partial charge in [0.1, 0.15) is 5.84 Å². The third-order valence-electron chi connectivity index (χ3n) is 6.59. The van der Waals surface area contributed by atoms with Gasteiger partial charge in [-0.25, -0.2) is 4.68 Å². The summed E-state index contributed by atoms with van der Waals surface area (Å²) in [5.74, 6) is 1.09. The predicted octanol–water partition coefficient (Wildman–Crippen LogP) is 4.17. The van der Waals surface area contributed by atoms with Crippen LogP contribution < -0.4 is 5.32 Å². The molecule has 0 atom stereocenters. The molecule has 1 aromatic heterocycles. The molecule has 0 amide bonds. The van der Waals surface area contributed by atoms with Crippen LogP contribution in [0.4, 0.5) is 5.69 Å². The minimum absolute atomic E-state index is 0.0646. The van der Waals surface area contributed by atoms with Crippen LogP contribution in [-0.4, -0.2) is 40.7 Å². The fourth-order valence-corrected chi connectivity index (χ4v) is 5.14. The topological polar surface area (TPSA) is 45.5 Å². The number of benzene rings is 1. The van der Waals surface area contributed by atoms with Crippen LogP contribution in [0.3, 0.4) is 0 Å². The highest BCUT2D eigenvalue weighted by Crippen LogP contribution is 2.52. The van der Waals surface area contributed by atoms with Crippen molar-refractivity contribution in [3.05, 3.63) is 40.2 Å². The Hall–Kier alpha value is -1.85. The highest BCUT2D eigenvalue weighted by atomic mass is 35.5. The van der Waals surface area contributed by atoms with E-state index in [2.05, 4.69) is 40.5 Å². The van der Waals surface area contributed by atoms with Crippen molar-refractivity contribution in [2.45, 2.75) is 51.0 Å². The SMILES string of the molecule is CCN1CCCc2nn(-c3cc4c(cc3Cl)C3(CCC3)C(=NC)N4)cc2C1. The van der Waals surface area contributed by atoms with Crippen LogP contribution >= 0.6 is 11.6 Å². The minimum atomic E-state index is 0.0646. The van der Waals surface area contributed by atoms with Gasteiger partial charge >= 0.3 is 0 Å². The van der Waals surface area contributed by atoms with Crippen LogP contribution in [0.2, 0.25) is 5.02 Å². The molecular formula is C21H26ClN5. The molecule has 2 aromatic rings. The lowest BCUT2D eigenvalue weighted by Crippen LogP contribution is -2.41. The molecule has 3 heterocycles. The molecule has 142 valence electrons. The molecule has 0 radical (unpaired) electrons. The quantitative estimate of drug-likeness (QED) is 0.846. The molecule has 5 nitrogen and oxygen atoms in total. The van der Waals surface area contributed by atoms with Gasteiger partial charge < -0.3 is 5.32 Å². The second-order valence-corrected chi connectivity index (χ2v) is 8.41. The number of aliphatic imine (C=N–C) groups is 1. The van der Waals surface area contributed by atoms with Crippen LogP contribution in [0.5, 0.6) is 0 Å². The molecule has 1 fully saturated rings. The van der Waals surface area contributed by atoms with E-state index in [4.69, 9.17) is 16.7 Å². The summed E-state index contributed by atoms with van der Waals surface area (Å²) in [7, 11) is 1.88. The number of aromatic nitrogens is 2. The molecular weight excluding hydrogens is 358 g/mol. The van der Waals surface area contributed by atoms with Gasteiger partial charge in [0.15, 0.2) is 0 Å². The third kappa shape index (κ3) is 2.55. The van der Waals surface area contributed by atoms with E-state index in [0.717, 1.165) is 67.6 Å². The maximum atomic E-state index is 6.75. The zero-order chi connectivity index (χ0) is 18.6. The second kappa shape index (κ2) is 6.35. The zero-order valence-corrected chi connectivity index (χ0v) is 16.8. The van der Waals surface area contributed by atoms with Crippen LogP contribution in [0.15, 0.2) is 23.3 Å². The first-order valence-corrected chi connectivity index (χ1v) is 10.4. The fourth-order valence-electron chi connectivity index (χ4n) is 4.89. The van der Waals surface area contributed by atoms with Gasteiger partial charge in [-0.1, -0.05) is 24.9 Å². The Morgan fingerprint density at radius 1 is 1.30 bits per heavy atom. The molecule has 1 aliphatic carbocycles. The number of anilines is 1. The highest BCUT2D eigenvalue weighted by molar-refractivity contribution is 6.33. The van der Waals surface area contributed by atoms with Gasteiger partial charge in [0.05, 0.1) is 21.8 Å². The van der Waals surface area contributed by atoms with Crippen LogP contribution in [-0.2, 0) is 18.4 Å². The zero-order valence-electron chi connectivity index (χ0n) is 16.1. The summed E-state index contributed by atoms with van der Waals surface area (Å²) in [5, 5.41) is 9.21. The smallest absolute Gasteiger partial charge is 0.111 e. The summed E-state index contributed by atoms with van der Waals surface area (Å²) in [4.78, 5) is 7.01. The summed E-state index contributed by atoms with van der Waals surface area (Å²) < 4.78 is 1.97. The Balaban J connectivity index is 1.55. The molecule has 2 aliphatic heterocycles. The Bertz CT molecular complexity index is 925. The minimum Gasteiger partial charge on any atom is -0.343 e. The van der Waals surface area contributed by atoms with Gasteiger partial charge in [0.2, 0.25) is 0 Å². The molecule has 3 aliphatic rings. The van der Waals surface area contributed by atoms with Crippen molar-refractivity contribution in [3.8, 4) is 5.69 Å². The number of nitrogens with one attached hydrogen (secondary N) is 1. The molecule has 0 saturated heterocycles. The second-order valence-electron chi connectivity index (χ2n) is 8.00. The standard InChI is InChI=1S/C21H26ClN5/c1-3-26-9-4-6-17-14(12-26)13-27(25-17)19-11-18-15(10-16(19)22)21(7-5-8-21)20(23-2)24-18/h10-11,13H,3-9,12H2,1-2H3,(H,23,24). The molecule has 0 unspecified atom stereocenters. The maximum Gasteiger partial charge on any atom is 0.111 e. The van der Waals surface area contributed by atoms with E-state index < -0.39 is 0 Å². The van der Waals surface area contributed by atoms with E-state index in [1.807, 2.05) is 11.7 Å². The summed E-state index contributed by atoms with van der Waals surface area (Å²) in [6.45, 7) is 5.43. The fraction of sp³-hybridized carbons (Fsp3) is 0.524. The molecule has 1 spiro atoms. The number of nitrogens with zero attached hydrogens (tertiary/aromatic N) is 4. The van der Waals surface area contributed by atoms with Crippen molar-refractivity contribution < 1.29 is 0 Å².